The van der Waals surface area contributed by atoms with Crippen molar-refractivity contribution in [3.63, 3.8) is 0 Å². The van der Waals surface area contributed by atoms with Crippen molar-refractivity contribution in [2.24, 2.45) is 5.73 Å². The summed E-state index contributed by atoms with van der Waals surface area (Å²) in [6, 6.07) is 5.45. The predicted molar refractivity (Wildman–Crippen MR) is 89.7 cm³/mol. The SMILES string of the molecule is CCCCCCC(N)c1nc(-c2ccc(Cl)c(Cl)c2)c[nH]1. The molecule has 5 heteroatoms. The van der Waals surface area contributed by atoms with Gasteiger partial charge in [-0.3, -0.25) is 0 Å². The van der Waals surface area contributed by atoms with Gasteiger partial charge in [-0.15, -0.1) is 0 Å². The number of aromatic nitrogens is 2. The van der Waals surface area contributed by atoms with E-state index in [4.69, 9.17) is 28.9 Å². The molecule has 1 heterocycles. The van der Waals surface area contributed by atoms with Gasteiger partial charge in [-0.2, -0.15) is 0 Å². The average molecular weight is 326 g/mol. The first kappa shape index (κ1) is 16.3. The van der Waals surface area contributed by atoms with Gasteiger partial charge in [-0.25, -0.2) is 4.98 Å². The highest BCUT2D eigenvalue weighted by Crippen LogP contribution is 2.28. The molecule has 0 aliphatic rings. The minimum Gasteiger partial charge on any atom is -0.347 e. The molecule has 0 amide bonds. The Morgan fingerprint density at radius 2 is 2.00 bits per heavy atom. The summed E-state index contributed by atoms with van der Waals surface area (Å²) in [5.41, 5.74) is 7.96. The Morgan fingerprint density at radius 1 is 1.19 bits per heavy atom. The molecule has 0 radical (unpaired) electrons. The van der Waals surface area contributed by atoms with E-state index in [1.54, 1.807) is 6.07 Å². The highest BCUT2D eigenvalue weighted by atomic mass is 35.5. The Hall–Kier alpha value is -1.03. The number of nitrogens with zero attached hydrogens (tertiary/aromatic N) is 1. The first-order valence-electron chi connectivity index (χ1n) is 7.38. The van der Waals surface area contributed by atoms with Gasteiger partial charge in [0.05, 0.1) is 21.8 Å². The minimum absolute atomic E-state index is 0.0432. The van der Waals surface area contributed by atoms with E-state index in [2.05, 4.69) is 16.9 Å². The second-order valence-corrected chi connectivity index (χ2v) is 6.07. The first-order valence-corrected chi connectivity index (χ1v) is 8.13. The lowest BCUT2D eigenvalue weighted by Crippen LogP contribution is -2.11. The molecule has 0 aliphatic heterocycles. The van der Waals surface area contributed by atoms with Crippen molar-refractivity contribution in [1.82, 2.24) is 9.97 Å². The number of imidazole rings is 1. The molecule has 1 unspecified atom stereocenters. The predicted octanol–water partition coefficient (Wildman–Crippen LogP) is 5.35. The molecule has 21 heavy (non-hydrogen) atoms. The van der Waals surface area contributed by atoms with Crippen LogP contribution in [-0.2, 0) is 0 Å². The summed E-state index contributed by atoms with van der Waals surface area (Å²) >= 11 is 12.0. The van der Waals surface area contributed by atoms with E-state index in [0.717, 1.165) is 29.9 Å². The minimum atomic E-state index is -0.0432. The number of hydrogen-bond acceptors (Lipinski definition) is 2. The van der Waals surface area contributed by atoms with E-state index >= 15 is 0 Å². The van der Waals surface area contributed by atoms with Crippen LogP contribution in [0.2, 0.25) is 10.0 Å². The molecule has 0 fully saturated rings. The maximum absolute atomic E-state index is 6.18. The maximum Gasteiger partial charge on any atom is 0.123 e. The van der Waals surface area contributed by atoms with Crippen LogP contribution in [0.5, 0.6) is 0 Å². The monoisotopic (exact) mass is 325 g/mol. The van der Waals surface area contributed by atoms with E-state index in [1.807, 2.05) is 18.3 Å². The number of aromatic amines is 1. The number of unbranched alkanes of at least 4 members (excludes halogenated alkanes) is 3. The summed E-state index contributed by atoms with van der Waals surface area (Å²) in [5.74, 6) is 0.826. The van der Waals surface area contributed by atoms with Crippen LogP contribution in [0.1, 0.15) is 50.9 Å². The molecule has 114 valence electrons. The van der Waals surface area contributed by atoms with Gasteiger partial charge in [-0.05, 0) is 18.6 Å². The number of benzene rings is 1. The molecule has 0 spiro atoms. The van der Waals surface area contributed by atoms with Crippen molar-refractivity contribution in [3.05, 3.63) is 40.3 Å². The lowest BCUT2D eigenvalue weighted by atomic mass is 10.1. The summed E-state index contributed by atoms with van der Waals surface area (Å²) in [7, 11) is 0. The number of rotatable bonds is 7. The fraction of sp³-hybridized carbons (Fsp3) is 0.438. The molecule has 2 aromatic rings. The van der Waals surface area contributed by atoms with Gasteiger partial charge < -0.3 is 10.7 Å². The fourth-order valence-electron chi connectivity index (χ4n) is 2.26. The number of halogens is 2. The van der Waals surface area contributed by atoms with Crippen molar-refractivity contribution in [2.75, 3.05) is 0 Å². The number of hydrogen-bond donors (Lipinski definition) is 2. The Bertz CT molecular complexity index is 581. The first-order chi connectivity index (χ1) is 10.1. The Balaban J connectivity index is 2.01. The molecule has 0 saturated carbocycles. The van der Waals surface area contributed by atoms with Crippen LogP contribution in [0.25, 0.3) is 11.3 Å². The van der Waals surface area contributed by atoms with Crippen molar-refractivity contribution < 1.29 is 0 Å². The van der Waals surface area contributed by atoms with E-state index in [0.29, 0.717) is 10.0 Å². The van der Waals surface area contributed by atoms with E-state index < -0.39 is 0 Å². The summed E-state index contributed by atoms with van der Waals surface area (Å²) in [6.07, 6.45) is 7.67. The standard InChI is InChI=1S/C16H21Cl2N3/c1-2-3-4-5-6-14(19)16-20-10-15(21-16)11-7-8-12(17)13(18)9-11/h7-10,14H,2-6,19H2,1H3,(H,20,21). The topological polar surface area (TPSA) is 54.7 Å². The Kier molecular flexibility index (Phi) is 6.09. The molecule has 3 N–H and O–H groups in total. The molecule has 1 atom stereocenters. The van der Waals surface area contributed by atoms with E-state index in [1.165, 1.54) is 19.3 Å². The number of nitrogens with one attached hydrogen (secondary N) is 1. The fourth-order valence-corrected chi connectivity index (χ4v) is 2.56. The van der Waals surface area contributed by atoms with Crippen molar-refractivity contribution >= 4 is 23.2 Å². The zero-order valence-corrected chi connectivity index (χ0v) is 13.7. The van der Waals surface area contributed by atoms with E-state index in [-0.39, 0.29) is 6.04 Å². The molecule has 1 aromatic heterocycles. The van der Waals surface area contributed by atoms with Gasteiger partial charge in [-0.1, -0.05) is 61.9 Å². The van der Waals surface area contributed by atoms with Crippen LogP contribution in [-0.4, -0.2) is 9.97 Å². The third-order valence-electron chi connectivity index (χ3n) is 3.53. The van der Waals surface area contributed by atoms with Gasteiger partial charge in [0, 0.05) is 11.8 Å². The largest absolute Gasteiger partial charge is 0.347 e. The molecular formula is C16H21Cl2N3. The third-order valence-corrected chi connectivity index (χ3v) is 4.27. The highest BCUT2D eigenvalue weighted by Gasteiger charge is 2.12. The maximum atomic E-state index is 6.18. The average Bonchev–Trinajstić information content (AvgIpc) is 2.96. The summed E-state index contributed by atoms with van der Waals surface area (Å²) < 4.78 is 0. The van der Waals surface area contributed by atoms with Crippen LogP contribution in [0, 0.1) is 0 Å². The molecule has 1 aromatic carbocycles. The Morgan fingerprint density at radius 3 is 2.71 bits per heavy atom. The number of H-pyrrole nitrogens is 1. The van der Waals surface area contributed by atoms with Crippen molar-refractivity contribution in [2.45, 2.75) is 45.1 Å². The van der Waals surface area contributed by atoms with Crippen molar-refractivity contribution in [3.8, 4) is 11.3 Å². The molecule has 2 rings (SSSR count). The van der Waals surface area contributed by atoms with Gasteiger partial charge in [0.25, 0.3) is 0 Å². The van der Waals surface area contributed by atoms with Gasteiger partial charge in [0.15, 0.2) is 0 Å². The molecule has 3 nitrogen and oxygen atoms in total. The van der Waals surface area contributed by atoms with Crippen LogP contribution >= 0.6 is 23.2 Å². The van der Waals surface area contributed by atoms with Crippen LogP contribution in [0.3, 0.4) is 0 Å². The summed E-state index contributed by atoms with van der Waals surface area (Å²) in [6.45, 7) is 2.20. The third kappa shape index (κ3) is 4.47. The van der Waals surface area contributed by atoms with Crippen LogP contribution < -0.4 is 5.73 Å². The van der Waals surface area contributed by atoms with Crippen LogP contribution in [0.15, 0.2) is 24.4 Å². The van der Waals surface area contributed by atoms with Gasteiger partial charge in [0.1, 0.15) is 5.82 Å². The molecule has 0 saturated heterocycles. The summed E-state index contributed by atoms with van der Waals surface area (Å²) in [4.78, 5) is 7.73. The normalized spacial score (nSPS) is 12.6. The summed E-state index contributed by atoms with van der Waals surface area (Å²) in [5, 5.41) is 1.08. The van der Waals surface area contributed by atoms with Crippen molar-refractivity contribution in [1.29, 1.82) is 0 Å². The van der Waals surface area contributed by atoms with Crippen LogP contribution in [0.4, 0.5) is 0 Å². The Labute approximate surface area is 135 Å². The highest BCUT2D eigenvalue weighted by molar-refractivity contribution is 6.42. The molecule has 0 bridgehead atoms. The molecular weight excluding hydrogens is 305 g/mol. The smallest absolute Gasteiger partial charge is 0.123 e. The zero-order valence-electron chi connectivity index (χ0n) is 12.2. The van der Waals surface area contributed by atoms with Gasteiger partial charge >= 0.3 is 0 Å². The van der Waals surface area contributed by atoms with Gasteiger partial charge in [0.2, 0.25) is 0 Å². The second kappa shape index (κ2) is 7.83. The zero-order chi connectivity index (χ0) is 15.2. The quantitative estimate of drug-likeness (QED) is 0.674. The second-order valence-electron chi connectivity index (χ2n) is 5.26. The molecule has 0 aliphatic carbocycles. The lowest BCUT2D eigenvalue weighted by Gasteiger charge is -2.08. The van der Waals surface area contributed by atoms with E-state index in [9.17, 15) is 0 Å². The number of nitrogens with two attached hydrogens (primary N) is 1. The lowest BCUT2D eigenvalue weighted by molar-refractivity contribution is 0.550.